The molecule has 1 unspecified atom stereocenters. The molecule has 1 aromatic carbocycles. The average molecular weight is 367 g/mol. The number of benzene rings is 1. The van der Waals surface area contributed by atoms with Gasteiger partial charge in [0.25, 0.3) is 0 Å². The Hall–Kier alpha value is -2.16. The highest BCUT2D eigenvalue weighted by Crippen LogP contribution is 2.46. The lowest BCUT2D eigenvalue weighted by Crippen LogP contribution is -2.27. The van der Waals surface area contributed by atoms with Gasteiger partial charge < -0.3 is 15.2 Å². The highest BCUT2D eigenvalue weighted by atomic mass is 35.5. The maximum absolute atomic E-state index is 12.4. The third kappa shape index (κ3) is 3.08. The smallest absolute Gasteiger partial charge is 0.338 e. The van der Waals surface area contributed by atoms with Crippen LogP contribution < -0.4 is 5.73 Å². The van der Waals surface area contributed by atoms with Crippen molar-refractivity contribution in [1.82, 2.24) is 0 Å². The quantitative estimate of drug-likeness (QED) is 0.820. The fraction of sp³-hybridized carbons (Fsp3) is 0.294. The molecule has 0 bridgehead atoms. The van der Waals surface area contributed by atoms with E-state index in [1.165, 1.54) is 7.11 Å². The molecule has 126 valence electrons. The maximum Gasteiger partial charge on any atom is 0.338 e. The molecule has 5 nitrogen and oxygen atoms in total. The average Bonchev–Trinajstić information content (AvgIpc) is 2.53. The monoisotopic (exact) mass is 366 g/mol. The summed E-state index contributed by atoms with van der Waals surface area (Å²) in [6.07, 6.45) is 0. The van der Waals surface area contributed by atoms with Gasteiger partial charge in [0.1, 0.15) is 17.4 Å². The minimum absolute atomic E-state index is 0.0646. The zero-order valence-corrected chi connectivity index (χ0v) is 14.9. The van der Waals surface area contributed by atoms with Crippen LogP contribution in [0.3, 0.4) is 0 Å². The van der Waals surface area contributed by atoms with Crippen LogP contribution >= 0.6 is 23.2 Å². The molecule has 2 rings (SSSR count). The van der Waals surface area contributed by atoms with Gasteiger partial charge in [0.05, 0.1) is 18.6 Å². The molecule has 1 aliphatic heterocycles. The van der Waals surface area contributed by atoms with Crippen LogP contribution in [0.25, 0.3) is 0 Å². The zero-order chi connectivity index (χ0) is 18.0. The predicted molar refractivity (Wildman–Crippen MR) is 91.0 cm³/mol. The number of carbonyl (C=O) groups is 1. The lowest BCUT2D eigenvalue weighted by Gasteiger charge is -2.30. The van der Waals surface area contributed by atoms with E-state index in [9.17, 15) is 10.1 Å². The van der Waals surface area contributed by atoms with E-state index in [1.807, 2.05) is 19.9 Å². The second-order valence-electron chi connectivity index (χ2n) is 5.48. The van der Waals surface area contributed by atoms with Gasteiger partial charge in [0, 0.05) is 21.5 Å². The summed E-state index contributed by atoms with van der Waals surface area (Å²) in [7, 11) is 1.26. The Morgan fingerprint density at radius 1 is 1.38 bits per heavy atom. The molecule has 0 saturated carbocycles. The fourth-order valence-corrected chi connectivity index (χ4v) is 3.23. The number of hydrogen-bond acceptors (Lipinski definition) is 5. The first kappa shape index (κ1) is 18.2. The summed E-state index contributed by atoms with van der Waals surface area (Å²) >= 11 is 12.6. The summed E-state index contributed by atoms with van der Waals surface area (Å²) in [5.41, 5.74) is 6.57. The molecule has 0 saturated heterocycles. The second kappa shape index (κ2) is 7.16. The van der Waals surface area contributed by atoms with Gasteiger partial charge in [-0.2, -0.15) is 5.26 Å². The number of halogens is 2. The van der Waals surface area contributed by atoms with E-state index in [4.69, 9.17) is 38.4 Å². The number of nitrogens with two attached hydrogens (primary N) is 1. The van der Waals surface area contributed by atoms with Gasteiger partial charge in [-0.25, -0.2) is 4.79 Å². The summed E-state index contributed by atoms with van der Waals surface area (Å²) < 4.78 is 10.4. The Balaban J connectivity index is 2.84. The lowest BCUT2D eigenvalue weighted by molar-refractivity contribution is -0.136. The minimum atomic E-state index is -0.852. The minimum Gasteiger partial charge on any atom is -0.466 e. The van der Waals surface area contributed by atoms with Gasteiger partial charge in [-0.3, -0.25) is 0 Å². The Morgan fingerprint density at radius 2 is 1.96 bits per heavy atom. The van der Waals surface area contributed by atoms with E-state index < -0.39 is 11.9 Å². The van der Waals surface area contributed by atoms with Crippen molar-refractivity contribution in [2.45, 2.75) is 19.8 Å². The number of allylic oxidation sites excluding steroid dienone is 2. The van der Waals surface area contributed by atoms with Crippen molar-refractivity contribution in [3.05, 3.63) is 56.6 Å². The lowest BCUT2D eigenvalue weighted by atomic mass is 9.81. The van der Waals surface area contributed by atoms with Crippen molar-refractivity contribution >= 4 is 29.2 Å². The van der Waals surface area contributed by atoms with E-state index >= 15 is 0 Å². The third-order valence-electron chi connectivity index (χ3n) is 3.67. The molecular formula is C17H16Cl2N2O3. The summed E-state index contributed by atoms with van der Waals surface area (Å²) in [6, 6.07) is 6.94. The van der Waals surface area contributed by atoms with Crippen LogP contribution in [0.2, 0.25) is 10.0 Å². The van der Waals surface area contributed by atoms with Crippen LogP contribution in [-0.4, -0.2) is 13.1 Å². The maximum atomic E-state index is 12.4. The Morgan fingerprint density at radius 3 is 2.42 bits per heavy atom. The van der Waals surface area contributed by atoms with Crippen LogP contribution in [0.1, 0.15) is 25.3 Å². The molecule has 0 fully saturated rings. The molecule has 24 heavy (non-hydrogen) atoms. The topological polar surface area (TPSA) is 85.3 Å². The summed E-state index contributed by atoms with van der Waals surface area (Å²) in [5, 5.41) is 10.2. The molecule has 1 heterocycles. The molecule has 0 aliphatic carbocycles. The SMILES string of the molecule is COC(=O)C1=C(C(C)C)OC(N)=C(C#N)C1c1c(Cl)cccc1Cl. The molecule has 2 N–H and O–H groups in total. The highest BCUT2D eigenvalue weighted by molar-refractivity contribution is 6.36. The van der Waals surface area contributed by atoms with Gasteiger partial charge in [0.15, 0.2) is 0 Å². The van der Waals surface area contributed by atoms with Crippen molar-refractivity contribution in [1.29, 1.82) is 5.26 Å². The standard InChI is InChI=1S/C17H16Cl2N2O3/c1-8(2)15-14(17(22)23-3)12(9(7-20)16(21)24-15)13-10(18)5-4-6-11(13)19/h4-6,8,12H,21H2,1-3H3. The van der Waals surface area contributed by atoms with Crippen LogP contribution in [0.15, 0.2) is 41.0 Å². The normalized spacial score (nSPS) is 17.6. The predicted octanol–water partition coefficient (Wildman–Crippen LogP) is 3.88. The third-order valence-corrected chi connectivity index (χ3v) is 4.33. The number of methoxy groups -OCH3 is 1. The van der Waals surface area contributed by atoms with Crippen LogP contribution in [0, 0.1) is 17.2 Å². The van der Waals surface area contributed by atoms with Crippen molar-refractivity contribution < 1.29 is 14.3 Å². The molecular weight excluding hydrogens is 351 g/mol. The highest BCUT2D eigenvalue weighted by Gasteiger charge is 2.40. The zero-order valence-electron chi connectivity index (χ0n) is 13.4. The van der Waals surface area contributed by atoms with E-state index in [0.29, 0.717) is 21.4 Å². The largest absolute Gasteiger partial charge is 0.466 e. The number of nitriles is 1. The Labute approximate surface area is 150 Å². The molecule has 0 spiro atoms. The van der Waals surface area contributed by atoms with Crippen molar-refractivity contribution in [2.75, 3.05) is 7.11 Å². The second-order valence-corrected chi connectivity index (χ2v) is 6.30. The first-order valence-corrected chi connectivity index (χ1v) is 7.92. The molecule has 1 aromatic rings. The number of hydrogen-bond donors (Lipinski definition) is 1. The van der Waals surface area contributed by atoms with E-state index in [-0.39, 0.29) is 22.9 Å². The van der Waals surface area contributed by atoms with Gasteiger partial charge >= 0.3 is 5.97 Å². The summed E-state index contributed by atoms with van der Waals surface area (Å²) in [6.45, 7) is 3.68. The summed E-state index contributed by atoms with van der Waals surface area (Å²) in [5.74, 6) is -1.38. The Kier molecular flexibility index (Phi) is 5.43. The van der Waals surface area contributed by atoms with Crippen LogP contribution in [0.4, 0.5) is 0 Å². The Bertz CT molecular complexity index is 771. The van der Waals surface area contributed by atoms with Crippen LogP contribution in [-0.2, 0) is 14.3 Å². The van der Waals surface area contributed by atoms with Gasteiger partial charge in [0.2, 0.25) is 5.88 Å². The number of rotatable bonds is 3. The van der Waals surface area contributed by atoms with Crippen molar-refractivity contribution in [3.8, 4) is 6.07 Å². The fourth-order valence-electron chi connectivity index (χ4n) is 2.61. The molecule has 0 radical (unpaired) electrons. The van der Waals surface area contributed by atoms with Gasteiger partial charge in [-0.15, -0.1) is 0 Å². The van der Waals surface area contributed by atoms with Gasteiger partial charge in [-0.1, -0.05) is 43.1 Å². The van der Waals surface area contributed by atoms with E-state index in [0.717, 1.165) is 0 Å². The number of esters is 1. The first-order valence-electron chi connectivity index (χ1n) is 7.17. The number of carbonyl (C=O) groups excluding carboxylic acids is 1. The molecule has 1 atom stereocenters. The number of ether oxygens (including phenoxy) is 2. The molecule has 7 heteroatoms. The molecule has 0 amide bonds. The van der Waals surface area contributed by atoms with E-state index in [2.05, 4.69) is 0 Å². The van der Waals surface area contributed by atoms with Crippen molar-refractivity contribution in [2.24, 2.45) is 11.7 Å². The molecule has 0 aromatic heterocycles. The summed E-state index contributed by atoms with van der Waals surface area (Å²) in [4.78, 5) is 12.4. The number of nitrogens with zero attached hydrogens (tertiary/aromatic N) is 1. The molecule has 1 aliphatic rings. The van der Waals surface area contributed by atoms with Gasteiger partial charge in [-0.05, 0) is 12.1 Å². The van der Waals surface area contributed by atoms with E-state index in [1.54, 1.807) is 18.2 Å². The first-order chi connectivity index (χ1) is 11.3. The van der Waals surface area contributed by atoms with Crippen LogP contribution in [0.5, 0.6) is 0 Å². The van der Waals surface area contributed by atoms with Crippen molar-refractivity contribution in [3.63, 3.8) is 0 Å².